The van der Waals surface area contributed by atoms with E-state index in [1.807, 2.05) is 24.3 Å². The number of carbonyl (C=O) groups is 2. The van der Waals surface area contributed by atoms with Gasteiger partial charge in [0, 0.05) is 6.42 Å². The largest absolute Gasteiger partial charge is 0.462 e. The number of esters is 1. The number of rotatable bonds is 44. The third kappa shape index (κ3) is 40.6. The van der Waals surface area contributed by atoms with Crippen molar-refractivity contribution in [3.63, 3.8) is 0 Å². The van der Waals surface area contributed by atoms with E-state index in [4.69, 9.17) is 4.74 Å². The monoisotopic (exact) mass is 814 g/mol. The third-order valence-electron chi connectivity index (χ3n) is 11.3. The second-order valence-electron chi connectivity index (χ2n) is 16.9. The molecule has 6 heteroatoms. The van der Waals surface area contributed by atoms with Crippen LogP contribution in [0.3, 0.4) is 0 Å². The molecule has 0 aliphatic heterocycles. The summed E-state index contributed by atoms with van der Waals surface area (Å²) in [6.07, 6.45) is 54.5. The summed E-state index contributed by atoms with van der Waals surface area (Å²) in [5.41, 5.74) is 0. The Hall–Kier alpha value is -2.18. The Morgan fingerprint density at radius 3 is 1.40 bits per heavy atom. The Bertz CT molecular complexity index is 1000. The average molecular weight is 814 g/mol. The summed E-state index contributed by atoms with van der Waals surface area (Å²) < 4.78 is 5.91. The van der Waals surface area contributed by atoms with E-state index < -0.39 is 18.2 Å². The predicted molar refractivity (Wildman–Crippen MR) is 250 cm³/mol. The first-order valence-corrected chi connectivity index (χ1v) is 24.9. The molecule has 0 aromatic carbocycles. The summed E-state index contributed by atoms with van der Waals surface area (Å²) in [6.45, 7) is 6.33. The SMILES string of the molecule is CC/C=C/C=C/C=C\C=C/CCCCCC(=O)OC(CCCCCCCCCCCCCCCCC)CC(=O)NC(CO)C(O)CCCCCCCCCCCCC. The van der Waals surface area contributed by atoms with Gasteiger partial charge in [-0.25, -0.2) is 0 Å². The minimum absolute atomic E-state index is 0.0639. The molecule has 338 valence electrons. The highest BCUT2D eigenvalue weighted by molar-refractivity contribution is 5.77. The Balaban J connectivity index is 4.63. The molecule has 0 rings (SSSR count). The van der Waals surface area contributed by atoms with Crippen molar-refractivity contribution in [2.45, 2.75) is 264 Å². The average Bonchev–Trinajstić information content (AvgIpc) is 3.22. The molecule has 0 heterocycles. The van der Waals surface area contributed by atoms with Crippen molar-refractivity contribution in [1.82, 2.24) is 5.32 Å². The topological polar surface area (TPSA) is 95.9 Å². The number of allylic oxidation sites excluding steroid dienone is 8. The van der Waals surface area contributed by atoms with Crippen LogP contribution in [0.2, 0.25) is 0 Å². The van der Waals surface area contributed by atoms with Gasteiger partial charge in [-0.3, -0.25) is 9.59 Å². The molecular formula is C52H95NO5. The second kappa shape index (κ2) is 45.9. The van der Waals surface area contributed by atoms with Gasteiger partial charge in [0.1, 0.15) is 6.10 Å². The van der Waals surface area contributed by atoms with Crippen molar-refractivity contribution in [1.29, 1.82) is 0 Å². The summed E-state index contributed by atoms with van der Waals surface area (Å²) in [6, 6.07) is -0.707. The van der Waals surface area contributed by atoms with Gasteiger partial charge in [0.15, 0.2) is 0 Å². The van der Waals surface area contributed by atoms with Gasteiger partial charge < -0.3 is 20.3 Å². The lowest BCUT2D eigenvalue weighted by Gasteiger charge is -2.24. The molecule has 0 aliphatic rings. The molecule has 0 spiro atoms. The van der Waals surface area contributed by atoms with Gasteiger partial charge in [0.2, 0.25) is 5.91 Å². The van der Waals surface area contributed by atoms with Crippen LogP contribution in [-0.4, -0.2) is 46.9 Å². The normalized spacial score (nSPS) is 13.7. The van der Waals surface area contributed by atoms with E-state index in [-0.39, 0.29) is 24.9 Å². The number of amides is 1. The lowest BCUT2D eigenvalue weighted by Crippen LogP contribution is -2.46. The van der Waals surface area contributed by atoms with Crippen LogP contribution in [0.5, 0.6) is 0 Å². The van der Waals surface area contributed by atoms with E-state index in [9.17, 15) is 19.8 Å². The first kappa shape index (κ1) is 55.8. The fourth-order valence-electron chi connectivity index (χ4n) is 7.50. The van der Waals surface area contributed by atoms with Crippen molar-refractivity contribution >= 4 is 11.9 Å². The van der Waals surface area contributed by atoms with Gasteiger partial charge in [-0.15, -0.1) is 0 Å². The summed E-state index contributed by atoms with van der Waals surface area (Å²) >= 11 is 0. The van der Waals surface area contributed by atoms with Crippen LogP contribution in [0.25, 0.3) is 0 Å². The van der Waals surface area contributed by atoms with Crippen LogP contribution in [0.15, 0.2) is 48.6 Å². The zero-order valence-electron chi connectivity index (χ0n) is 38.4. The Morgan fingerprint density at radius 1 is 0.517 bits per heavy atom. The number of hydrogen-bond acceptors (Lipinski definition) is 5. The van der Waals surface area contributed by atoms with Crippen LogP contribution in [0.4, 0.5) is 0 Å². The maximum Gasteiger partial charge on any atom is 0.306 e. The lowest BCUT2D eigenvalue weighted by atomic mass is 10.0. The molecule has 6 nitrogen and oxygen atoms in total. The molecule has 1 amide bonds. The zero-order valence-corrected chi connectivity index (χ0v) is 38.4. The highest BCUT2D eigenvalue weighted by Gasteiger charge is 2.24. The molecule has 3 N–H and O–H groups in total. The maximum absolute atomic E-state index is 13.2. The minimum Gasteiger partial charge on any atom is -0.462 e. The van der Waals surface area contributed by atoms with Crippen LogP contribution in [0, 0.1) is 0 Å². The Kier molecular flexibility index (Phi) is 44.2. The smallest absolute Gasteiger partial charge is 0.306 e. The van der Waals surface area contributed by atoms with Crippen molar-refractivity contribution in [3.05, 3.63) is 48.6 Å². The van der Waals surface area contributed by atoms with Crippen LogP contribution in [0.1, 0.15) is 245 Å². The molecule has 58 heavy (non-hydrogen) atoms. The van der Waals surface area contributed by atoms with E-state index >= 15 is 0 Å². The Morgan fingerprint density at radius 2 is 0.931 bits per heavy atom. The highest BCUT2D eigenvalue weighted by atomic mass is 16.5. The van der Waals surface area contributed by atoms with Gasteiger partial charge >= 0.3 is 5.97 Å². The quantitative estimate of drug-likeness (QED) is 0.0323. The molecule has 3 unspecified atom stereocenters. The summed E-state index contributed by atoms with van der Waals surface area (Å²) in [5, 5.41) is 23.7. The van der Waals surface area contributed by atoms with Crippen LogP contribution < -0.4 is 5.32 Å². The fourth-order valence-corrected chi connectivity index (χ4v) is 7.50. The first-order chi connectivity index (χ1) is 28.5. The highest BCUT2D eigenvalue weighted by Crippen LogP contribution is 2.18. The number of carbonyl (C=O) groups excluding carboxylic acids is 2. The van der Waals surface area contributed by atoms with Crippen molar-refractivity contribution in [2.24, 2.45) is 0 Å². The van der Waals surface area contributed by atoms with Crippen molar-refractivity contribution in [3.8, 4) is 0 Å². The fraction of sp³-hybridized carbons (Fsp3) is 0.808. The van der Waals surface area contributed by atoms with Gasteiger partial charge in [-0.1, -0.05) is 236 Å². The second-order valence-corrected chi connectivity index (χ2v) is 16.9. The van der Waals surface area contributed by atoms with Crippen LogP contribution in [-0.2, 0) is 14.3 Å². The van der Waals surface area contributed by atoms with Crippen LogP contribution >= 0.6 is 0 Å². The van der Waals surface area contributed by atoms with E-state index in [0.29, 0.717) is 19.3 Å². The van der Waals surface area contributed by atoms with Crippen molar-refractivity contribution < 1.29 is 24.5 Å². The number of unbranched alkanes of at least 4 members (excludes halogenated alkanes) is 27. The minimum atomic E-state index is -0.792. The third-order valence-corrected chi connectivity index (χ3v) is 11.3. The van der Waals surface area contributed by atoms with Gasteiger partial charge in [-0.05, 0) is 44.9 Å². The van der Waals surface area contributed by atoms with Gasteiger partial charge in [-0.2, -0.15) is 0 Å². The molecule has 0 aromatic rings. The summed E-state index contributed by atoms with van der Waals surface area (Å²) in [4.78, 5) is 26.1. The molecule has 0 aliphatic carbocycles. The van der Waals surface area contributed by atoms with E-state index in [0.717, 1.165) is 64.2 Å². The summed E-state index contributed by atoms with van der Waals surface area (Å²) in [5.74, 6) is -0.513. The predicted octanol–water partition coefficient (Wildman–Crippen LogP) is 14.7. The number of nitrogens with one attached hydrogen (secondary N) is 1. The molecule has 3 atom stereocenters. The number of ether oxygens (including phenoxy) is 1. The standard InChI is InChI=1S/C52H95NO5/c1-4-7-10-13-16-19-22-24-25-27-29-31-34-37-40-43-48(58-52(57)45-42-39-36-33-30-26-23-20-17-14-11-8-5-2)46-51(56)53-49(47-54)50(55)44-41-38-35-32-28-21-18-15-12-9-6-3/h8,11,14,17,20,23,26,30,48-50,54-55H,4-7,9-10,12-13,15-16,18-19,21-22,24-25,27-29,31-47H2,1-3H3,(H,53,56)/b11-8+,17-14+,23-20-,30-26-. The molecule has 0 fully saturated rings. The van der Waals surface area contributed by atoms with E-state index in [1.165, 1.54) is 135 Å². The molecule has 0 bridgehead atoms. The van der Waals surface area contributed by atoms with E-state index in [2.05, 4.69) is 50.4 Å². The maximum atomic E-state index is 13.2. The Labute approximate surface area is 359 Å². The molecular weight excluding hydrogens is 719 g/mol. The zero-order chi connectivity index (χ0) is 42.4. The van der Waals surface area contributed by atoms with E-state index in [1.54, 1.807) is 0 Å². The molecule has 0 saturated heterocycles. The molecule has 0 radical (unpaired) electrons. The van der Waals surface area contributed by atoms with Gasteiger partial charge in [0.25, 0.3) is 0 Å². The molecule has 0 aromatic heterocycles. The number of aliphatic hydroxyl groups excluding tert-OH is 2. The summed E-state index contributed by atoms with van der Waals surface area (Å²) in [7, 11) is 0. The first-order valence-electron chi connectivity index (χ1n) is 24.9. The number of aliphatic hydroxyl groups is 2. The van der Waals surface area contributed by atoms with Gasteiger partial charge in [0.05, 0.1) is 25.2 Å². The van der Waals surface area contributed by atoms with Crippen molar-refractivity contribution in [2.75, 3.05) is 6.61 Å². The molecule has 0 saturated carbocycles. The lowest BCUT2D eigenvalue weighted by molar-refractivity contribution is -0.151. The number of hydrogen-bond donors (Lipinski definition) is 3.